The Hall–Kier alpha value is -3.76. The lowest BCUT2D eigenvalue weighted by atomic mass is 10.1. The molecule has 1 N–H and O–H groups in total. The van der Waals surface area contributed by atoms with Crippen molar-refractivity contribution in [3.05, 3.63) is 91.9 Å². The van der Waals surface area contributed by atoms with Crippen LogP contribution in [0.25, 0.3) is 5.69 Å². The fourth-order valence-corrected chi connectivity index (χ4v) is 2.89. The average Bonchev–Trinajstić information content (AvgIpc) is 2.75. The number of nitrogens with one attached hydrogen (secondary N) is 1. The number of nitrogens with zero attached hydrogens (tertiary/aromatic N) is 4. The van der Waals surface area contributed by atoms with Gasteiger partial charge in [0.25, 0.3) is 11.5 Å². The third-order valence-corrected chi connectivity index (χ3v) is 4.75. The Morgan fingerprint density at radius 1 is 1.23 bits per heavy atom. The van der Waals surface area contributed by atoms with Gasteiger partial charge in [-0.15, -0.1) is 0 Å². The van der Waals surface area contributed by atoms with Crippen molar-refractivity contribution in [3.63, 3.8) is 0 Å². The number of carbonyl (C=O) groups is 1. The van der Waals surface area contributed by atoms with Gasteiger partial charge in [0.1, 0.15) is 11.6 Å². The molecule has 0 fully saturated rings. The van der Waals surface area contributed by atoms with Gasteiger partial charge in [-0.3, -0.25) is 9.59 Å². The molecule has 8 heteroatoms. The van der Waals surface area contributed by atoms with E-state index in [9.17, 15) is 14.9 Å². The van der Waals surface area contributed by atoms with Crippen LogP contribution < -0.4 is 11.0 Å². The number of aryl methyl sites for hydroxylation is 1. The molecule has 7 nitrogen and oxygen atoms in total. The van der Waals surface area contributed by atoms with Crippen LogP contribution in [-0.2, 0) is 6.42 Å². The van der Waals surface area contributed by atoms with E-state index in [1.165, 1.54) is 13.1 Å². The van der Waals surface area contributed by atoms with Gasteiger partial charge in [0.05, 0.1) is 11.9 Å². The summed E-state index contributed by atoms with van der Waals surface area (Å²) in [7, 11) is 0. The zero-order valence-electron chi connectivity index (χ0n) is 16.4. The molecule has 0 aliphatic carbocycles. The van der Waals surface area contributed by atoms with Gasteiger partial charge in [-0.1, -0.05) is 42.8 Å². The summed E-state index contributed by atoms with van der Waals surface area (Å²) in [5, 5.41) is 18.1. The number of hydrazone groups is 1. The molecule has 3 aromatic rings. The van der Waals surface area contributed by atoms with Gasteiger partial charge < -0.3 is 0 Å². The van der Waals surface area contributed by atoms with Crippen LogP contribution in [0.1, 0.15) is 39.7 Å². The van der Waals surface area contributed by atoms with E-state index in [0.717, 1.165) is 22.2 Å². The topological polar surface area (TPSA) is 100 Å². The van der Waals surface area contributed by atoms with Crippen LogP contribution in [-0.4, -0.2) is 21.9 Å². The molecule has 1 aromatic heterocycles. The van der Waals surface area contributed by atoms with E-state index < -0.39 is 11.5 Å². The van der Waals surface area contributed by atoms with Gasteiger partial charge in [0.2, 0.25) is 0 Å². The fraction of sp³-hybridized carbons (Fsp3) is 0.136. The predicted molar refractivity (Wildman–Crippen MR) is 115 cm³/mol. The number of benzene rings is 2. The molecule has 30 heavy (non-hydrogen) atoms. The lowest BCUT2D eigenvalue weighted by Gasteiger charge is -2.11. The zero-order valence-corrected chi connectivity index (χ0v) is 17.1. The molecule has 3 rings (SSSR count). The summed E-state index contributed by atoms with van der Waals surface area (Å²) in [4.78, 5) is 25.3. The van der Waals surface area contributed by atoms with Crippen LogP contribution in [0.2, 0.25) is 5.02 Å². The second kappa shape index (κ2) is 9.16. The second-order valence-corrected chi connectivity index (χ2v) is 6.88. The largest absolute Gasteiger partial charge is 0.292 e. The first-order valence-corrected chi connectivity index (χ1v) is 9.54. The van der Waals surface area contributed by atoms with Crippen molar-refractivity contribution < 1.29 is 4.79 Å². The van der Waals surface area contributed by atoms with E-state index in [4.69, 9.17) is 11.6 Å². The van der Waals surface area contributed by atoms with Gasteiger partial charge in [-0.25, -0.2) is 5.43 Å². The Morgan fingerprint density at radius 3 is 2.50 bits per heavy atom. The van der Waals surface area contributed by atoms with Crippen molar-refractivity contribution in [1.29, 1.82) is 5.26 Å². The van der Waals surface area contributed by atoms with Crippen LogP contribution in [0.5, 0.6) is 0 Å². The first-order chi connectivity index (χ1) is 14.4. The molecule has 0 saturated carbocycles. The third kappa shape index (κ3) is 4.45. The lowest BCUT2D eigenvalue weighted by Crippen LogP contribution is -2.31. The number of amides is 1. The van der Waals surface area contributed by atoms with Crippen molar-refractivity contribution in [3.8, 4) is 11.8 Å². The summed E-state index contributed by atoms with van der Waals surface area (Å²) < 4.78 is 1.06. The summed E-state index contributed by atoms with van der Waals surface area (Å²) in [5.74, 6) is -0.631. The molecule has 0 aliphatic rings. The van der Waals surface area contributed by atoms with E-state index in [1.54, 1.807) is 36.4 Å². The molecule has 0 atom stereocenters. The van der Waals surface area contributed by atoms with Crippen molar-refractivity contribution in [2.24, 2.45) is 5.10 Å². The summed E-state index contributed by atoms with van der Waals surface area (Å²) in [6, 6.07) is 16.0. The minimum absolute atomic E-state index is 0.0565. The Labute approximate surface area is 178 Å². The van der Waals surface area contributed by atoms with Crippen molar-refractivity contribution in [1.82, 2.24) is 15.2 Å². The molecule has 0 aliphatic heterocycles. The summed E-state index contributed by atoms with van der Waals surface area (Å²) in [6.45, 7) is 3.53. The van der Waals surface area contributed by atoms with Crippen LogP contribution in [0.4, 0.5) is 0 Å². The smallest absolute Gasteiger partial charge is 0.266 e. The predicted octanol–water partition coefficient (Wildman–Crippen LogP) is 3.39. The van der Waals surface area contributed by atoms with Gasteiger partial charge in [0.15, 0.2) is 5.69 Å². The summed E-state index contributed by atoms with van der Waals surface area (Å²) in [6.07, 6.45) is 2.30. The molecular weight excluding hydrogens is 402 g/mol. The Bertz CT molecular complexity index is 1210. The molecular formula is C22H18ClN5O2. The monoisotopic (exact) mass is 419 g/mol. The average molecular weight is 420 g/mol. The maximum absolute atomic E-state index is 12.7. The van der Waals surface area contributed by atoms with Gasteiger partial charge in [-0.2, -0.15) is 20.1 Å². The number of halogens is 1. The van der Waals surface area contributed by atoms with Gasteiger partial charge in [0, 0.05) is 10.6 Å². The number of aromatic nitrogens is 2. The van der Waals surface area contributed by atoms with E-state index in [1.807, 2.05) is 25.1 Å². The van der Waals surface area contributed by atoms with Crippen molar-refractivity contribution in [2.45, 2.75) is 20.3 Å². The van der Waals surface area contributed by atoms with E-state index in [0.29, 0.717) is 10.7 Å². The number of hydrogen-bond donors (Lipinski definition) is 1. The molecule has 0 radical (unpaired) electrons. The fourth-order valence-electron chi connectivity index (χ4n) is 2.77. The molecule has 0 spiro atoms. The van der Waals surface area contributed by atoms with Gasteiger partial charge in [-0.05, 0) is 48.7 Å². The molecule has 150 valence electrons. The SMILES string of the molecule is CCc1ccc(-n2nc(C(=O)N/N=C/c3ccc(Cl)cc3)c(C)c(C#N)c2=O)cc1. The molecule has 0 bridgehead atoms. The summed E-state index contributed by atoms with van der Waals surface area (Å²) in [5.41, 5.74) is 4.09. The minimum Gasteiger partial charge on any atom is -0.266 e. The standard InChI is InChI=1S/C22H18ClN5O2/c1-3-15-6-10-18(11-7-15)28-22(30)19(12-24)14(2)20(27-28)21(29)26-25-13-16-4-8-17(23)9-5-16/h4-11,13H,3H2,1-2H3,(H,26,29)/b25-13+. The molecule has 1 heterocycles. The molecule has 0 unspecified atom stereocenters. The maximum atomic E-state index is 12.7. The normalized spacial score (nSPS) is 10.7. The number of carbonyl (C=O) groups excluding carboxylic acids is 1. The highest BCUT2D eigenvalue weighted by Crippen LogP contribution is 2.12. The molecule has 1 amide bonds. The van der Waals surface area contributed by atoms with Gasteiger partial charge >= 0.3 is 0 Å². The quantitative estimate of drug-likeness (QED) is 0.506. The highest BCUT2D eigenvalue weighted by atomic mass is 35.5. The highest BCUT2D eigenvalue weighted by molar-refractivity contribution is 6.30. The Kier molecular flexibility index (Phi) is 6.40. The number of rotatable bonds is 5. The zero-order chi connectivity index (χ0) is 21.7. The Morgan fingerprint density at radius 2 is 1.90 bits per heavy atom. The molecule has 2 aromatic carbocycles. The van der Waals surface area contributed by atoms with Crippen LogP contribution in [0.3, 0.4) is 0 Å². The van der Waals surface area contributed by atoms with Crippen LogP contribution in [0, 0.1) is 18.3 Å². The first kappa shape index (κ1) is 21.0. The van der Waals surface area contributed by atoms with Crippen molar-refractivity contribution in [2.75, 3.05) is 0 Å². The van der Waals surface area contributed by atoms with Crippen LogP contribution >= 0.6 is 11.6 Å². The third-order valence-electron chi connectivity index (χ3n) is 4.50. The van der Waals surface area contributed by atoms with Crippen LogP contribution in [0.15, 0.2) is 58.4 Å². The Balaban J connectivity index is 1.95. The maximum Gasteiger partial charge on any atom is 0.292 e. The van der Waals surface area contributed by atoms with Crippen molar-refractivity contribution >= 4 is 23.7 Å². The van der Waals surface area contributed by atoms with E-state index in [-0.39, 0.29) is 16.8 Å². The summed E-state index contributed by atoms with van der Waals surface area (Å²) >= 11 is 5.84. The number of hydrogen-bond acceptors (Lipinski definition) is 5. The van der Waals surface area contributed by atoms with E-state index >= 15 is 0 Å². The number of nitriles is 1. The first-order valence-electron chi connectivity index (χ1n) is 9.17. The lowest BCUT2D eigenvalue weighted by molar-refractivity contribution is 0.0947. The second-order valence-electron chi connectivity index (χ2n) is 6.45. The molecule has 0 saturated heterocycles. The minimum atomic E-state index is -0.631. The van der Waals surface area contributed by atoms with E-state index in [2.05, 4.69) is 15.6 Å². The highest BCUT2D eigenvalue weighted by Gasteiger charge is 2.20.